The number of aryl methyl sites for hydroxylation is 4. The number of fused-ring (bicyclic) bond motifs is 8. The van der Waals surface area contributed by atoms with Crippen molar-refractivity contribution in [3.05, 3.63) is 224 Å². The number of pyridine rings is 5. The molecule has 12 aliphatic rings. The molecule has 2 N–H and O–H groups in total. The Morgan fingerprint density at radius 3 is 1.03 bits per heavy atom. The van der Waals surface area contributed by atoms with E-state index in [-0.39, 0.29) is 41.5 Å². The Labute approximate surface area is 872 Å². The minimum atomic E-state index is -0.211. The molecule has 12 aliphatic heterocycles. The molecule has 0 atom stereocenters. The van der Waals surface area contributed by atoms with Gasteiger partial charge in [-0.1, -0.05) is 6.07 Å². The molecule has 6 amide bonds. The number of hydrogen-bond donors (Lipinski definition) is 2. The molecule has 0 aliphatic carbocycles. The fourth-order valence-corrected chi connectivity index (χ4v) is 23.7. The highest BCUT2D eigenvalue weighted by molar-refractivity contribution is 5.93. The zero-order chi connectivity index (χ0) is 103. The van der Waals surface area contributed by atoms with Crippen molar-refractivity contribution in [1.82, 2.24) is 89.0 Å². The first-order valence-electron chi connectivity index (χ1n) is 53.0. The number of nitrogens with zero attached hydrogens (tertiary/aromatic N) is 24. The van der Waals surface area contributed by atoms with Crippen LogP contribution in [0.4, 0.5) is 51.8 Å². The quantitative estimate of drug-likeness (QED) is 0.102. The highest BCUT2D eigenvalue weighted by Gasteiger charge is 2.41. The van der Waals surface area contributed by atoms with Crippen molar-refractivity contribution < 1.29 is 47.7 Å². The van der Waals surface area contributed by atoms with E-state index in [1.807, 2.05) is 86.6 Å². The van der Waals surface area contributed by atoms with Gasteiger partial charge in [-0.2, -0.15) is 36.2 Å². The summed E-state index contributed by atoms with van der Waals surface area (Å²) in [5, 5.41) is 56.4. The normalized spacial score (nSPS) is 17.6. The molecular weight excluding hydrogens is 1890 g/mol. The van der Waals surface area contributed by atoms with Crippen LogP contribution in [0.15, 0.2) is 134 Å². The second-order valence-electron chi connectivity index (χ2n) is 40.6. The zero-order valence-electron chi connectivity index (χ0n) is 86.1. The lowest BCUT2D eigenvalue weighted by atomic mass is 9.92. The van der Waals surface area contributed by atoms with Crippen LogP contribution in [0.1, 0.15) is 230 Å². The smallest absolute Gasteiger partial charge is 0.269 e. The predicted octanol–water partition coefficient (Wildman–Crippen LogP) is 15.5. The van der Waals surface area contributed by atoms with Gasteiger partial charge in [0.1, 0.15) is 11.5 Å². The van der Waals surface area contributed by atoms with Crippen molar-refractivity contribution in [2.45, 2.75) is 213 Å². The first kappa shape index (κ1) is 100. The van der Waals surface area contributed by atoms with Crippen molar-refractivity contribution in [3.63, 3.8) is 0 Å². The van der Waals surface area contributed by atoms with E-state index in [9.17, 15) is 44.6 Å². The van der Waals surface area contributed by atoms with Gasteiger partial charge in [-0.15, -0.1) is 0 Å². The summed E-state index contributed by atoms with van der Waals surface area (Å²) in [6.45, 7) is 22.5. The van der Waals surface area contributed by atoms with Gasteiger partial charge in [-0.25, -0.2) is 4.98 Å². The summed E-state index contributed by atoms with van der Waals surface area (Å²) in [7, 11) is 1.59. The van der Waals surface area contributed by atoms with Gasteiger partial charge in [-0.05, 0) is 221 Å². The summed E-state index contributed by atoms with van der Waals surface area (Å²) in [4.78, 5) is 111. The summed E-state index contributed by atoms with van der Waals surface area (Å²) in [5.41, 5.74) is 27.9. The lowest BCUT2D eigenvalue weighted by molar-refractivity contribution is -0.130. The van der Waals surface area contributed by atoms with Crippen LogP contribution >= 0.6 is 0 Å². The minimum absolute atomic E-state index is 0.0731. The van der Waals surface area contributed by atoms with Gasteiger partial charge in [0.25, 0.3) is 5.91 Å². The van der Waals surface area contributed by atoms with Crippen LogP contribution in [0.25, 0.3) is 44.6 Å². The van der Waals surface area contributed by atoms with E-state index < -0.39 is 0 Å². The molecule has 9 aromatic heterocycles. The molecule has 3 aromatic carbocycles. The Hall–Kier alpha value is -15.4. The molecule has 0 saturated carbocycles. The summed E-state index contributed by atoms with van der Waals surface area (Å²) in [6, 6.07) is 38.0. The number of benzene rings is 3. The number of anilines is 9. The van der Waals surface area contributed by atoms with Crippen molar-refractivity contribution in [2.24, 2.45) is 0 Å². The molecule has 12 aromatic rings. The number of ether oxygens (including phenoxy) is 4. The summed E-state index contributed by atoms with van der Waals surface area (Å²) >= 11 is 0. The lowest BCUT2D eigenvalue weighted by Crippen LogP contribution is -2.36. The van der Waals surface area contributed by atoms with Gasteiger partial charge >= 0.3 is 0 Å². The summed E-state index contributed by atoms with van der Waals surface area (Å²) in [6.07, 6.45) is 30.9. The largest absolute Gasteiger partial charge is 0.381 e. The van der Waals surface area contributed by atoms with Gasteiger partial charge in [-0.3, -0.25) is 67.4 Å². The predicted molar refractivity (Wildman–Crippen MR) is 564 cm³/mol. The standard InChI is InChI=1S/C30H33N7O3.C28H33N7O3.2C28H30N6O2/c1-19(38)33-29-6-5-22(17-32-29)25-14-21-4-3-10-36(28(21)15-23(25)16-31)30-26-18-35(20(2)39)11-7-27(26)37(34-30)24-8-12-40-13-9-24;1-18(36)33-11-7-25-22(17-33)27(32-35(25)21-8-12-38-13-9-21)34-10-3-4-19-14-24(31-16-26(19)34)20-5-6-23(30-15-20)28(37)29-2;1-19(35)32-11-6-26-25(18-32)28(31-34(26)23-7-12-36-13-8-23)33-10-3-5-20-14-24(21-4-2-9-30-17-21)22(16-29)15-27(20)33;1-19(35)32-12-6-26-25(18-32)28(31-34(26)23-7-13-36-14-8-23)33-11-2-3-21-15-24(20-4-9-30-10-5-20)22(17-29)16-27(21)33/h5-6,14-15,17,24H,3-4,7-13,18H2,1-2H3,(H,32,33,38);5-6,14-16,21H,3-4,7-13,17H2,1-2H3,(H,29,37);2,4,9,14-15,17,23H,3,5-8,10-13,18H2,1H3;4-5,9-10,15-16,23H,2-3,6-8,11-14,18H2,1H3. The second-order valence-corrected chi connectivity index (χ2v) is 40.6. The molecule has 772 valence electrons. The van der Waals surface area contributed by atoms with Gasteiger partial charge in [0.2, 0.25) is 29.5 Å². The van der Waals surface area contributed by atoms with E-state index in [0.29, 0.717) is 79.1 Å². The number of nitrogens with one attached hydrogen (secondary N) is 2. The monoisotopic (exact) mass is 2020 g/mol. The maximum absolute atomic E-state index is 12.3. The van der Waals surface area contributed by atoms with Gasteiger partial charge in [0.15, 0.2) is 23.3 Å². The zero-order valence-corrected chi connectivity index (χ0v) is 86.1. The van der Waals surface area contributed by atoms with E-state index in [1.165, 1.54) is 46.4 Å². The van der Waals surface area contributed by atoms with E-state index in [0.717, 1.165) is 346 Å². The molecule has 4 fully saturated rings. The number of amides is 6. The van der Waals surface area contributed by atoms with Crippen LogP contribution in [-0.4, -0.2) is 231 Å². The van der Waals surface area contributed by atoms with Gasteiger partial charge < -0.3 is 68.8 Å². The third-order valence-electron chi connectivity index (χ3n) is 31.5. The molecule has 36 nitrogen and oxygen atoms in total. The molecule has 24 rings (SSSR count). The second kappa shape index (κ2) is 44.5. The van der Waals surface area contributed by atoms with Gasteiger partial charge in [0, 0.05) is 300 Å². The summed E-state index contributed by atoms with van der Waals surface area (Å²) < 4.78 is 31.4. The molecular formula is C114H126N26O10. The Morgan fingerprint density at radius 1 is 0.353 bits per heavy atom. The van der Waals surface area contributed by atoms with Gasteiger partial charge in [0.05, 0.1) is 103 Å². The molecule has 21 heterocycles. The molecule has 4 saturated heterocycles. The number of nitriles is 3. The topological polar surface area (TPSA) is 396 Å². The molecule has 0 spiro atoms. The van der Waals surface area contributed by atoms with Crippen molar-refractivity contribution in [3.8, 4) is 62.8 Å². The van der Waals surface area contributed by atoms with Crippen molar-refractivity contribution in [2.75, 3.05) is 137 Å². The number of carbonyl (C=O) groups excluding carboxylic acids is 6. The van der Waals surface area contributed by atoms with Crippen LogP contribution in [0.2, 0.25) is 0 Å². The van der Waals surface area contributed by atoms with Crippen LogP contribution in [0.5, 0.6) is 0 Å². The lowest BCUT2D eigenvalue weighted by Gasteiger charge is -2.33. The first-order valence-corrected chi connectivity index (χ1v) is 53.0. The Bertz CT molecular complexity index is 7030. The Balaban J connectivity index is 0.000000117. The van der Waals surface area contributed by atoms with E-state index in [2.05, 4.69) is 111 Å². The van der Waals surface area contributed by atoms with Crippen LogP contribution in [0, 0.1) is 34.0 Å². The van der Waals surface area contributed by atoms with Crippen LogP contribution < -0.4 is 30.2 Å². The average Bonchev–Trinajstić information content (AvgIpc) is 1.59. The Kier molecular flexibility index (Phi) is 29.8. The maximum atomic E-state index is 12.3. The maximum Gasteiger partial charge on any atom is 0.269 e. The van der Waals surface area contributed by atoms with Crippen molar-refractivity contribution in [1.29, 1.82) is 15.8 Å². The highest BCUT2D eigenvalue weighted by Crippen LogP contribution is 2.49. The molecule has 0 radical (unpaired) electrons. The van der Waals surface area contributed by atoms with E-state index >= 15 is 0 Å². The highest BCUT2D eigenvalue weighted by atomic mass is 16.5. The number of rotatable bonds is 14. The number of carbonyl (C=O) groups is 6. The number of aromatic nitrogens is 13. The third-order valence-corrected chi connectivity index (χ3v) is 31.5. The van der Waals surface area contributed by atoms with E-state index in [1.54, 1.807) is 77.9 Å². The average molecular weight is 2020 g/mol. The van der Waals surface area contributed by atoms with E-state index in [4.69, 9.17) is 44.3 Å². The first-order chi connectivity index (χ1) is 73.2. The third kappa shape index (κ3) is 20.6. The molecule has 36 heteroatoms. The minimum Gasteiger partial charge on any atom is -0.381 e. The summed E-state index contributed by atoms with van der Waals surface area (Å²) in [5.74, 6) is 4.16. The Morgan fingerprint density at radius 2 is 0.707 bits per heavy atom. The fraction of sp³-hybridized carbons (Fsp3) is 0.439. The molecule has 150 heavy (non-hydrogen) atoms. The molecule has 0 bridgehead atoms. The molecule has 0 unspecified atom stereocenters. The fourth-order valence-electron chi connectivity index (χ4n) is 23.7. The van der Waals surface area contributed by atoms with Crippen molar-refractivity contribution >= 4 is 87.3 Å². The number of hydrogen-bond acceptors (Lipinski definition) is 26. The van der Waals surface area contributed by atoms with Crippen LogP contribution in [0.3, 0.4) is 0 Å². The van der Waals surface area contributed by atoms with Crippen LogP contribution in [-0.2, 0) is 120 Å². The SMILES string of the molecule is CC(=O)N1CCc2c(c(N3CCCc4cc(-c5cccnc5)c(C#N)cc43)nn2C2CCOCC2)C1.CC(=O)N1CCc2c(c(N3CCCc4cc(-c5ccncc5)c(C#N)cc43)nn2C2CCOCC2)C1.CC(=O)Nc1ccc(-c2cc3c(cc2C#N)N(c2nn(C4CCOCC4)c4c2CN(C(C)=O)CC4)CCC3)cn1.CNC(=O)c1ccc(-c2cc3c(cn2)N(c2nn(C4CCOCC4)c4c2CN(C(C)=O)CC4)CCC3)cn1.